The maximum Gasteiger partial charge on any atom is 0.0226 e. The van der Waals surface area contributed by atoms with Crippen LogP contribution in [0.25, 0.3) is 0 Å². The molecule has 0 amide bonds. The molecule has 0 spiro atoms. The van der Waals surface area contributed by atoms with Gasteiger partial charge < -0.3 is 10.3 Å². The maximum absolute atomic E-state index is 3.49. The molecule has 1 atom stereocenters. The second-order valence-corrected chi connectivity index (χ2v) is 3.17. The number of hydrogen-bond donors (Lipinski definition) is 2. The Kier molecular flexibility index (Phi) is 1.70. The minimum Gasteiger partial charge on any atom is -0.365 e. The van der Waals surface area contributed by atoms with E-state index in [-0.39, 0.29) is 0 Å². The van der Waals surface area contributed by atoms with Gasteiger partial charge in [-0.3, -0.25) is 0 Å². The molecule has 2 nitrogen and oxygen atoms in total. The molecule has 11 heavy (non-hydrogen) atoms. The van der Waals surface area contributed by atoms with Crippen LogP contribution < -0.4 is 5.32 Å². The standard InChI is InChI=1S/C9H14N2/c1-2-8-5-9-7(6-11-8)3-4-10-9/h3-4,8,10-11H,2,5-6H2,1H3/t8-/m0/s1. The van der Waals surface area contributed by atoms with Crippen LogP contribution in [-0.4, -0.2) is 11.0 Å². The van der Waals surface area contributed by atoms with Crippen molar-refractivity contribution in [2.24, 2.45) is 0 Å². The Morgan fingerprint density at radius 3 is 3.36 bits per heavy atom. The van der Waals surface area contributed by atoms with E-state index in [1.54, 1.807) is 0 Å². The summed E-state index contributed by atoms with van der Waals surface area (Å²) in [5.74, 6) is 0. The van der Waals surface area contributed by atoms with Crippen molar-refractivity contribution in [2.45, 2.75) is 32.4 Å². The van der Waals surface area contributed by atoms with Crippen LogP contribution in [-0.2, 0) is 13.0 Å². The molecule has 0 unspecified atom stereocenters. The van der Waals surface area contributed by atoms with Crippen LogP contribution in [0.2, 0.25) is 0 Å². The summed E-state index contributed by atoms with van der Waals surface area (Å²) in [5.41, 5.74) is 2.87. The van der Waals surface area contributed by atoms with Crippen molar-refractivity contribution in [3.05, 3.63) is 23.5 Å². The van der Waals surface area contributed by atoms with Gasteiger partial charge in [0.2, 0.25) is 0 Å². The summed E-state index contributed by atoms with van der Waals surface area (Å²) in [6.07, 6.45) is 4.42. The average Bonchev–Trinajstić information content (AvgIpc) is 2.50. The molecule has 0 fully saturated rings. The summed E-state index contributed by atoms with van der Waals surface area (Å²) < 4.78 is 0. The molecule has 2 rings (SSSR count). The summed E-state index contributed by atoms with van der Waals surface area (Å²) in [4.78, 5) is 3.28. The van der Waals surface area contributed by atoms with Crippen molar-refractivity contribution >= 4 is 0 Å². The maximum atomic E-state index is 3.49. The molecule has 0 bridgehead atoms. The molecule has 0 aliphatic carbocycles. The van der Waals surface area contributed by atoms with Crippen molar-refractivity contribution in [1.82, 2.24) is 10.3 Å². The molecule has 2 heteroatoms. The fourth-order valence-electron chi connectivity index (χ4n) is 1.65. The lowest BCUT2D eigenvalue weighted by atomic mass is 10.0. The molecule has 1 aliphatic rings. The van der Waals surface area contributed by atoms with Gasteiger partial charge in [-0.1, -0.05) is 6.92 Å². The molecule has 0 saturated heterocycles. The van der Waals surface area contributed by atoms with E-state index < -0.39 is 0 Å². The van der Waals surface area contributed by atoms with Crippen LogP contribution >= 0.6 is 0 Å². The average molecular weight is 150 g/mol. The summed E-state index contributed by atoms with van der Waals surface area (Å²) in [5, 5.41) is 3.49. The zero-order chi connectivity index (χ0) is 7.68. The topological polar surface area (TPSA) is 27.8 Å². The van der Waals surface area contributed by atoms with Crippen molar-refractivity contribution in [2.75, 3.05) is 0 Å². The third-order valence-corrected chi connectivity index (χ3v) is 2.45. The highest BCUT2D eigenvalue weighted by atomic mass is 14.9. The number of rotatable bonds is 1. The number of H-pyrrole nitrogens is 1. The number of nitrogens with one attached hydrogen (secondary N) is 2. The largest absolute Gasteiger partial charge is 0.365 e. The predicted molar refractivity (Wildman–Crippen MR) is 45.4 cm³/mol. The van der Waals surface area contributed by atoms with Gasteiger partial charge in [0, 0.05) is 30.9 Å². The number of aromatic nitrogens is 1. The first kappa shape index (κ1) is 6.92. The summed E-state index contributed by atoms with van der Waals surface area (Å²) >= 11 is 0. The predicted octanol–water partition coefficient (Wildman–Crippen LogP) is 1.44. The van der Waals surface area contributed by atoms with Gasteiger partial charge in [-0.25, -0.2) is 0 Å². The minimum absolute atomic E-state index is 0.682. The highest BCUT2D eigenvalue weighted by Crippen LogP contribution is 2.15. The number of fused-ring (bicyclic) bond motifs is 1. The summed E-state index contributed by atoms with van der Waals surface area (Å²) in [6, 6.07) is 2.84. The first-order valence-electron chi connectivity index (χ1n) is 4.28. The van der Waals surface area contributed by atoms with Gasteiger partial charge in [-0.2, -0.15) is 0 Å². The molecule has 0 saturated carbocycles. The highest BCUT2D eigenvalue weighted by Gasteiger charge is 2.16. The molecule has 60 valence electrons. The van der Waals surface area contributed by atoms with Crippen molar-refractivity contribution in [1.29, 1.82) is 0 Å². The lowest BCUT2D eigenvalue weighted by Crippen LogP contribution is -2.34. The fourth-order valence-corrected chi connectivity index (χ4v) is 1.65. The molecular formula is C9H14N2. The molecular weight excluding hydrogens is 136 g/mol. The van der Waals surface area contributed by atoms with E-state index >= 15 is 0 Å². The molecule has 1 aliphatic heterocycles. The molecule has 0 radical (unpaired) electrons. The van der Waals surface area contributed by atoms with E-state index in [0.717, 1.165) is 6.54 Å². The van der Waals surface area contributed by atoms with Crippen LogP contribution in [0.4, 0.5) is 0 Å². The van der Waals surface area contributed by atoms with Crippen LogP contribution in [0.15, 0.2) is 12.3 Å². The third-order valence-electron chi connectivity index (χ3n) is 2.45. The van der Waals surface area contributed by atoms with Crippen molar-refractivity contribution < 1.29 is 0 Å². The second kappa shape index (κ2) is 2.70. The van der Waals surface area contributed by atoms with Crippen molar-refractivity contribution in [3.8, 4) is 0 Å². The molecule has 1 aromatic heterocycles. The van der Waals surface area contributed by atoms with E-state index in [1.807, 2.05) is 6.20 Å². The van der Waals surface area contributed by atoms with Gasteiger partial charge in [0.1, 0.15) is 0 Å². The van der Waals surface area contributed by atoms with Gasteiger partial charge in [0.25, 0.3) is 0 Å². The Morgan fingerprint density at radius 1 is 1.64 bits per heavy atom. The van der Waals surface area contributed by atoms with Crippen LogP contribution in [0.1, 0.15) is 24.6 Å². The van der Waals surface area contributed by atoms with Crippen LogP contribution in [0.5, 0.6) is 0 Å². The Labute approximate surface area is 67.0 Å². The quantitative estimate of drug-likeness (QED) is 0.623. The smallest absolute Gasteiger partial charge is 0.0226 e. The van der Waals surface area contributed by atoms with E-state index in [0.29, 0.717) is 6.04 Å². The normalized spacial score (nSPS) is 23.2. The summed E-state index contributed by atoms with van der Waals surface area (Å²) in [7, 11) is 0. The Hall–Kier alpha value is -0.760. The first-order valence-corrected chi connectivity index (χ1v) is 4.28. The summed E-state index contributed by atoms with van der Waals surface area (Å²) in [6.45, 7) is 3.27. The van der Waals surface area contributed by atoms with Gasteiger partial charge >= 0.3 is 0 Å². The van der Waals surface area contributed by atoms with Crippen molar-refractivity contribution in [3.63, 3.8) is 0 Å². The zero-order valence-electron chi connectivity index (χ0n) is 6.85. The SMILES string of the molecule is CC[C@H]1Cc2[nH]ccc2CN1. The molecule has 2 N–H and O–H groups in total. The molecule has 0 aromatic carbocycles. The lowest BCUT2D eigenvalue weighted by Gasteiger charge is -2.22. The lowest BCUT2D eigenvalue weighted by molar-refractivity contribution is 0.464. The highest BCUT2D eigenvalue weighted by molar-refractivity contribution is 5.23. The number of hydrogen-bond acceptors (Lipinski definition) is 1. The fraction of sp³-hybridized carbons (Fsp3) is 0.556. The first-order chi connectivity index (χ1) is 5.40. The zero-order valence-corrected chi connectivity index (χ0v) is 6.85. The molecule has 2 heterocycles. The number of aromatic amines is 1. The Morgan fingerprint density at radius 2 is 2.55 bits per heavy atom. The van der Waals surface area contributed by atoms with Crippen LogP contribution in [0, 0.1) is 0 Å². The third kappa shape index (κ3) is 1.18. The van der Waals surface area contributed by atoms with Gasteiger partial charge in [-0.05, 0) is 18.1 Å². The monoisotopic (exact) mass is 150 g/mol. The van der Waals surface area contributed by atoms with E-state index in [9.17, 15) is 0 Å². The second-order valence-electron chi connectivity index (χ2n) is 3.17. The minimum atomic E-state index is 0.682. The van der Waals surface area contributed by atoms with Gasteiger partial charge in [0.15, 0.2) is 0 Å². The van der Waals surface area contributed by atoms with Gasteiger partial charge in [0.05, 0.1) is 0 Å². The van der Waals surface area contributed by atoms with Crippen LogP contribution in [0.3, 0.4) is 0 Å². The Bertz CT molecular complexity index is 239. The van der Waals surface area contributed by atoms with Gasteiger partial charge in [-0.15, -0.1) is 0 Å². The molecule has 1 aromatic rings. The Balaban J connectivity index is 2.18. The van der Waals surface area contributed by atoms with E-state index in [4.69, 9.17) is 0 Å². The van der Waals surface area contributed by atoms with E-state index in [1.165, 1.54) is 24.1 Å². The van der Waals surface area contributed by atoms with E-state index in [2.05, 4.69) is 23.3 Å².